The highest BCUT2D eigenvalue weighted by Crippen LogP contribution is 2.39. The van der Waals surface area contributed by atoms with E-state index in [1.807, 2.05) is 38.1 Å². The molecule has 1 heterocycles. The van der Waals surface area contributed by atoms with Crippen molar-refractivity contribution >= 4 is 20.0 Å². The second-order valence-electron chi connectivity index (χ2n) is 8.72. The van der Waals surface area contributed by atoms with Crippen LogP contribution in [0.2, 0.25) is 18.1 Å². The van der Waals surface area contributed by atoms with E-state index >= 15 is 0 Å². The third kappa shape index (κ3) is 4.39. The van der Waals surface area contributed by atoms with E-state index in [4.69, 9.17) is 4.43 Å². The second kappa shape index (κ2) is 7.04. The molecule has 0 spiro atoms. The van der Waals surface area contributed by atoms with Crippen LogP contribution in [0.25, 0.3) is 0 Å². The van der Waals surface area contributed by atoms with Gasteiger partial charge in [-0.2, -0.15) is 0 Å². The number of hydrogen-bond donors (Lipinski definition) is 1. The molecule has 0 unspecified atom stereocenters. The minimum atomic E-state index is -1.95. The van der Waals surface area contributed by atoms with Gasteiger partial charge in [-0.15, -0.1) is 0 Å². The number of hydrogen-bond acceptors (Lipinski definition) is 3. The number of Topliss-reactive ketones (excluding diaryl/α,β-unsaturated/α-hetero) is 1. The zero-order valence-corrected chi connectivity index (χ0v) is 17.5. The number of nitrogens with one attached hydrogen (secondary N) is 1. The topological polar surface area (TPSA) is 55.4 Å². The summed E-state index contributed by atoms with van der Waals surface area (Å²) in [4.78, 5) is 24.6. The molecule has 25 heavy (non-hydrogen) atoms. The molecular weight excluding hydrogens is 330 g/mol. The van der Waals surface area contributed by atoms with Gasteiger partial charge in [0, 0.05) is 12.0 Å². The van der Waals surface area contributed by atoms with Gasteiger partial charge in [-0.3, -0.25) is 9.59 Å². The molecule has 1 N–H and O–H groups in total. The van der Waals surface area contributed by atoms with Gasteiger partial charge >= 0.3 is 0 Å². The minimum absolute atomic E-state index is 0.00656. The third-order valence-electron chi connectivity index (χ3n) is 5.64. The van der Waals surface area contributed by atoms with Crippen molar-refractivity contribution in [2.45, 2.75) is 71.3 Å². The smallest absolute Gasteiger partial charge is 0.228 e. The molecule has 1 amide bonds. The summed E-state index contributed by atoms with van der Waals surface area (Å²) in [5, 5.41) is 2.98. The van der Waals surface area contributed by atoms with Gasteiger partial charge in [0.15, 0.2) is 14.1 Å². The largest absolute Gasteiger partial charge is 0.413 e. The Morgan fingerprint density at radius 2 is 1.80 bits per heavy atom. The van der Waals surface area contributed by atoms with E-state index in [0.717, 1.165) is 5.56 Å². The van der Waals surface area contributed by atoms with Gasteiger partial charge in [-0.1, -0.05) is 50.6 Å². The summed E-state index contributed by atoms with van der Waals surface area (Å²) in [5.41, 5.74) is 1.83. The van der Waals surface area contributed by atoms with Crippen LogP contribution in [0.3, 0.4) is 0 Å². The number of rotatable bonds is 6. The van der Waals surface area contributed by atoms with E-state index in [0.29, 0.717) is 12.0 Å². The van der Waals surface area contributed by atoms with E-state index < -0.39 is 8.32 Å². The molecule has 0 bridgehead atoms. The molecule has 5 heteroatoms. The fourth-order valence-corrected chi connectivity index (χ4v) is 4.38. The fourth-order valence-electron chi connectivity index (χ4n) is 2.95. The quantitative estimate of drug-likeness (QED) is 0.472. The Kier molecular flexibility index (Phi) is 5.59. The van der Waals surface area contributed by atoms with Crippen molar-refractivity contribution in [3.63, 3.8) is 0 Å². The lowest BCUT2D eigenvalue weighted by molar-refractivity contribution is -0.139. The normalized spacial score (nSPS) is 22.1. The first-order chi connectivity index (χ1) is 11.4. The fraction of sp³-hybridized carbons (Fsp3) is 0.600. The summed E-state index contributed by atoms with van der Waals surface area (Å²) in [6, 6.07) is 7.44. The van der Waals surface area contributed by atoms with Crippen molar-refractivity contribution in [3.05, 3.63) is 35.4 Å². The van der Waals surface area contributed by atoms with Gasteiger partial charge in [0.1, 0.15) is 0 Å². The Balaban J connectivity index is 2.02. The van der Waals surface area contributed by atoms with Crippen LogP contribution in [0, 0.1) is 12.8 Å². The number of aryl methyl sites for hydroxylation is 1. The Morgan fingerprint density at radius 3 is 2.28 bits per heavy atom. The minimum Gasteiger partial charge on any atom is -0.413 e. The number of benzene rings is 1. The van der Waals surface area contributed by atoms with Gasteiger partial charge in [0.05, 0.1) is 18.1 Å². The van der Waals surface area contributed by atoms with Crippen molar-refractivity contribution in [1.29, 1.82) is 0 Å². The van der Waals surface area contributed by atoms with Crippen LogP contribution in [-0.2, 0) is 9.22 Å². The Bertz CT molecular complexity index is 646. The molecule has 1 aromatic carbocycles. The summed E-state index contributed by atoms with van der Waals surface area (Å²) < 4.78 is 6.38. The summed E-state index contributed by atoms with van der Waals surface area (Å²) in [7, 11) is -1.95. The lowest BCUT2D eigenvalue weighted by Gasteiger charge is -2.45. The molecule has 2 rings (SSSR count). The van der Waals surface area contributed by atoms with E-state index in [9.17, 15) is 9.59 Å². The first-order valence-corrected chi connectivity index (χ1v) is 11.9. The third-order valence-corrected chi connectivity index (χ3v) is 10.2. The Morgan fingerprint density at radius 1 is 1.24 bits per heavy atom. The summed E-state index contributed by atoms with van der Waals surface area (Å²) in [6.07, 6.45) is 0.149. The molecule has 1 saturated heterocycles. The van der Waals surface area contributed by atoms with Crippen molar-refractivity contribution in [2.24, 2.45) is 5.92 Å². The van der Waals surface area contributed by atoms with E-state index in [-0.39, 0.29) is 34.8 Å². The molecule has 0 aliphatic carbocycles. The lowest BCUT2D eigenvalue weighted by atomic mass is 9.82. The molecule has 0 aromatic heterocycles. The van der Waals surface area contributed by atoms with Crippen molar-refractivity contribution in [1.82, 2.24) is 5.32 Å². The highest BCUT2D eigenvalue weighted by Gasteiger charge is 2.47. The molecular formula is C20H31NO3Si. The lowest BCUT2D eigenvalue weighted by Crippen LogP contribution is -2.64. The van der Waals surface area contributed by atoms with Crippen molar-refractivity contribution < 1.29 is 14.0 Å². The summed E-state index contributed by atoms with van der Waals surface area (Å²) in [6.45, 7) is 14.9. The molecule has 0 radical (unpaired) electrons. The number of carbonyl (C=O) groups is 2. The predicted octanol–water partition coefficient (Wildman–Crippen LogP) is 4.09. The molecule has 138 valence electrons. The van der Waals surface area contributed by atoms with Crippen LogP contribution < -0.4 is 5.32 Å². The first kappa shape index (κ1) is 19.9. The number of β-lactam (4-membered cyclic amide) rings is 1. The SMILES string of the molecule is Cc1ccc(C(=O)C[C@H]2NC(=O)[C@@H]2[C@@H](C)O[Si](C)(C)C(C)(C)C)cc1. The Labute approximate surface area is 152 Å². The highest BCUT2D eigenvalue weighted by molar-refractivity contribution is 6.74. The van der Waals surface area contributed by atoms with Crippen molar-refractivity contribution in [3.8, 4) is 0 Å². The molecule has 4 nitrogen and oxygen atoms in total. The molecule has 1 aliphatic rings. The maximum Gasteiger partial charge on any atom is 0.228 e. The van der Waals surface area contributed by atoms with E-state index in [2.05, 4.69) is 39.2 Å². The molecule has 0 saturated carbocycles. The average Bonchev–Trinajstić information content (AvgIpc) is 2.45. The number of carbonyl (C=O) groups excluding carboxylic acids is 2. The van der Waals surface area contributed by atoms with Crippen LogP contribution in [0.4, 0.5) is 0 Å². The standard InChI is InChI=1S/C20H31NO3Si/c1-13-8-10-15(11-9-13)17(22)12-16-18(19(23)21-16)14(2)24-25(6,7)20(3,4)5/h8-11,14,16,18H,12H2,1-7H3,(H,21,23)/t14-,16-,18-/m1/s1. The summed E-state index contributed by atoms with van der Waals surface area (Å²) in [5.74, 6) is -0.189. The molecule has 1 aliphatic heterocycles. The molecule has 1 aromatic rings. The zero-order chi connectivity index (χ0) is 19.0. The average molecular weight is 362 g/mol. The van der Waals surface area contributed by atoms with Crippen LogP contribution in [0.1, 0.15) is 50.0 Å². The Hall–Kier alpha value is -1.46. The van der Waals surface area contributed by atoms with Gasteiger partial charge in [-0.25, -0.2) is 0 Å². The van der Waals surface area contributed by atoms with Crippen molar-refractivity contribution in [2.75, 3.05) is 0 Å². The van der Waals surface area contributed by atoms with Crippen LogP contribution in [0.15, 0.2) is 24.3 Å². The summed E-state index contributed by atoms with van der Waals surface area (Å²) >= 11 is 0. The predicted molar refractivity (Wildman–Crippen MR) is 103 cm³/mol. The van der Waals surface area contributed by atoms with Crippen LogP contribution in [-0.4, -0.2) is 32.2 Å². The zero-order valence-electron chi connectivity index (χ0n) is 16.5. The first-order valence-electron chi connectivity index (χ1n) is 9.00. The van der Waals surface area contributed by atoms with Gasteiger partial charge in [0.25, 0.3) is 0 Å². The van der Waals surface area contributed by atoms with E-state index in [1.54, 1.807) is 0 Å². The number of ketones is 1. The monoisotopic (exact) mass is 361 g/mol. The maximum absolute atomic E-state index is 12.5. The maximum atomic E-state index is 12.5. The number of amides is 1. The van der Waals surface area contributed by atoms with Crippen LogP contribution >= 0.6 is 0 Å². The van der Waals surface area contributed by atoms with Gasteiger partial charge in [-0.05, 0) is 32.0 Å². The van der Waals surface area contributed by atoms with E-state index in [1.165, 1.54) is 0 Å². The molecule has 3 atom stereocenters. The van der Waals surface area contributed by atoms with Gasteiger partial charge < -0.3 is 9.74 Å². The van der Waals surface area contributed by atoms with Crippen LogP contribution in [0.5, 0.6) is 0 Å². The van der Waals surface area contributed by atoms with Gasteiger partial charge in [0.2, 0.25) is 5.91 Å². The molecule has 1 fully saturated rings. The second-order valence-corrected chi connectivity index (χ2v) is 13.5. The highest BCUT2D eigenvalue weighted by atomic mass is 28.4.